The molecule has 4 rings (SSSR count). The van der Waals surface area contributed by atoms with E-state index in [1.807, 2.05) is 43.6 Å². The van der Waals surface area contributed by atoms with Crippen LogP contribution in [0.1, 0.15) is 17.9 Å². The number of benzene rings is 1. The summed E-state index contributed by atoms with van der Waals surface area (Å²) in [6.07, 6.45) is 4.48. The fraction of sp³-hybridized carbons (Fsp3) is 0.278. The molecule has 3 heterocycles. The second kappa shape index (κ2) is 8.21. The van der Waals surface area contributed by atoms with E-state index in [2.05, 4.69) is 25.6 Å². The molecule has 0 radical (unpaired) electrons. The first-order valence-corrected chi connectivity index (χ1v) is 11.7. The van der Waals surface area contributed by atoms with E-state index in [4.69, 9.17) is 0 Å². The number of nitrogens with zero attached hydrogens (tertiary/aromatic N) is 7. The minimum Gasteiger partial charge on any atom is -0.275 e. The van der Waals surface area contributed by atoms with Gasteiger partial charge in [-0.15, -0.1) is 16.4 Å². The van der Waals surface area contributed by atoms with E-state index in [1.165, 1.54) is 11.3 Å². The van der Waals surface area contributed by atoms with E-state index in [0.29, 0.717) is 24.4 Å². The normalized spacial score (nSPS) is 11.8. The number of hydrogen-bond donors (Lipinski definition) is 0. The van der Waals surface area contributed by atoms with Gasteiger partial charge in [-0.1, -0.05) is 18.2 Å². The number of para-hydroxylation sites is 1. The molecule has 11 heteroatoms. The molecule has 29 heavy (non-hydrogen) atoms. The highest BCUT2D eigenvalue weighted by Crippen LogP contribution is 2.24. The number of tetrazole rings is 1. The lowest BCUT2D eigenvalue weighted by molar-refractivity contribution is 0.591. The number of sulfone groups is 1. The van der Waals surface area contributed by atoms with Gasteiger partial charge in [0, 0.05) is 30.6 Å². The maximum Gasteiger partial charge on any atom is 0.156 e. The molecule has 0 bridgehead atoms. The predicted molar refractivity (Wildman–Crippen MR) is 109 cm³/mol. The molecule has 0 aliphatic rings. The van der Waals surface area contributed by atoms with Crippen molar-refractivity contribution in [2.45, 2.75) is 18.6 Å². The molecular weight excluding hydrogens is 410 g/mol. The van der Waals surface area contributed by atoms with Gasteiger partial charge in [-0.05, 0) is 29.0 Å². The maximum absolute atomic E-state index is 12.5. The van der Waals surface area contributed by atoms with E-state index >= 15 is 0 Å². The monoisotopic (exact) mass is 429 g/mol. The van der Waals surface area contributed by atoms with Crippen LogP contribution >= 0.6 is 11.3 Å². The summed E-state index contributed by atoms with van der Waals surface area (Å²) in [5, 5.41) is 18.4. The second-order valence-corrected chi connectivity index (χ2v) is 9.63. The lowest BCUT2D eigenvalue weighted by atomic mass is 10.3. The van der Waals surface area contributed by atoms with Gasteiger partial charge in [0.05, 0.1) is 29.1 Å². The van der Waals surface area contributed by atoms with Gasteiger partial charge < -0.3 is 0 Å². The van der Waals surface area contributed by atoms with Crippen molar-refractivity contribution in [2.24, 2.45) is 7.05 Å². The Hall–Kier alpha value is -2.92. The lowest BCUT2D eigenvalue weighted by Gasteiger charge is -2.05. The van der Waals surface area contributed by atoms with E-state index < -0.39 is 9.84 Å². The van der Waals surface area contributed by atoms with Gasteiger partial charge in [-0.3, -0.25) is 4.68 Å². The third-order valence-corrected chi connectivity index (χ3v) is 6.85. The van der Waals surface area contributed by atoms with Gasteiger partial charge >= 0.3 is 0 Å². The summed E-state index contributed by atoms with van der Waals surface area (Å²) in [6.45, 7) is 0. The van der Waals surface area contributed by atoms with Crippen LogP contribution in [0.5, 0.6) is 0 Å². The van der Waals surface area contributed by atoms with Crippen LogP contribution in [0.25, 0.3) is 16.3 Å². The topological polar surface area (TPSA) is 108 Å². The molecule has 0 saturated heterocycles. The lowest BCUT2D eigenvalue weighted by Crippen LogP contribution is -2.12. The van der Waals surface area contributed by atoms with Crippen LogP contribution in [0.2, 0.25) is 0 Å². The van der Waals surface area contributed by atoms with Crippen molar-refractivity contribution in [1.82, 2.24) is 35.0 Å². The smallest absolute Gasteiger partial charge is 0.156 e. The van der Waals surface area contributed by atoms with E-state index in [0.717, 1.165) is 16.3 Å². The molecule has 1 aromatic carbocycles. The minimum atomic E-state index is -3.28. The Kier molecular flexibility index (Phi) is 5.49. The molecule has 0 aliphatic heterocycles. The zero-order valence-corrected chi connectivity index (χ0v) is 17.3. The summed E-state index contributed by atoms with van der Waals surface area (Å²) in [5.41, 5.74) is 2.29. The quantitative estimate of drug-likeness (QED) is 0.422. The molecule has 0 aliphatic carbocycles. The summed E-state index contributed by atoms with van der Waals surface area (Å²) >= 11 is 1.42. The number of rotatable bonds is 8. The van der Waals surface area contributed by atoms with Gasteiger partial charge in [-0.25, -0.2) is 13.4 Å². The standard InChI is InChI=1S/C18H19N7O2S2/c1-24-11-14(10-19-24)18-20-15(12-28-18)13-29(26,27)9-5-8-17-21-22-23-25(17)16-6-3-2-4-7-16/h2-4,6-7,10-12H,5,8-9,13H2,1H3. The van der Waals surface area contributed by atoms with Crippen LogP contribution in [0, 0.1) is 0 Å². The van der Waals surface area contributed by atoms with Crippen molar-refractivity contribution in [3.8, 4) is 16.3 Å². The Morgan fingerprint density at radius 3 is 2.76 bits per heavy atom. The summed E-state index contributed by atoms with van der Waals surface area (Å²) in [7, 11) is -1.45. The number of hydrogen-bond acceptors (Lipinski definition) is 8. The Balaban J connectivity index is 1.36. The molecule has 0 N–H and O–H groups in total. The Labute approximate surface area is 172 Å². The molecule has 3 aromatic heterocycles. The third kappa shape index (κ3) is 4.74. The van der Waals surface area contributed by atoms with Crippen molar-refractivity contribution < 1.29 is 8.42 Å². The fourth-order valence-corrected chi connectivity index (χ4v) is 5.14. The maximum atomic E-state index is 12.5. The molecule has 0 unspecified atom stereocenters. The molecule has 0 saturated carbocycles. The number of aromatic nitrogens is 7. The van der Waals surface area contributed by atoms with Crippen LogP contribution in [-0.4, -0.2) is 49.1 Å². The highest BCUT2D eigenvalue weighted by Gasteiger charge is 2.17. The molecule has 4 aromatic rings. The molecule has 150 valence electrons. The first-order chi connectivity index (χ1) is 14.0. The van der Waals surface area contributed by atoms with Crippen LogP contribution < -0.4 is 0 Å². The minimum absolute atomic E-state index is 0.0500. The molecule has 0 atom stereocenters. The summed E-state index contributed by atoms with van der Waals surface area (Å²) in [4.78, 5) is 4.44. The summed E-state index contributed by atoms with van der Waals surface area (Å²) in [5.74, 6) is 0.612. The summed E-state index contributed by atoms with van der Waals surface area (Å²) < 4.78 is 28.4. The van der Waals surface area contributed by atoms with Crippen LogP contribution in [0.3, 0.4) is 0 Å². The van der Waals surface area contributed by atoms with Gasteiger partial charge in [0.2, 0.25) is 0 Å². The number of aryl methyl sites for hydroxylation is 2. The van der Waals surface area contributed by atoms with Gasteiger partial charge in [0.25, 0.3) is 0 Å². The highest BCUT2D eigenvalue weighted by molar-refractivity contribution is 7.90. The van der Waals surface area contributed by atoms with Gasteiger partial charge in [0.1, 0.15) is 5.01 Å². The Bertz CT molecular complexity index is 1200. The largest absolute Gasteiger partial charge is 0.275 e. The van der Waals surface area contributed by atoms with E-state index in [9.17, 15) is 8.42 Å². The van der Waals surface area contributed by atoms with Crippen LogP contribution in [0.4, 0.5) is 0 Å². The average Bonchev–Trinajstić information content (AvgIpc) is 3.43. The predicted octanol–water partition coefficient (Wildman–Crippen LogP) is 2.07. The third-order valence-electron chi connectivity index (χ3n) is 4.26. The first kappa shape index (κ1) is 19.4. The fourth-order valence-electron chi connectivity index (χ4n) is 2.92. The molecule has 9 nitrogen and oxygen atoms in total. The van der Waals surface area contributed by atoms with Crippen LogP contribution in [0.15, 0.2) is 48.1 Å². The van der Waals surface area contributed by atoms with Crippen molar-refractivity contribution in [2.75, 3.05) is 5.75 Å². The Morgan fingerprint density at radius 1 is 1.17 bits per heavy atom. The first-order valence-electron chi connectivity index (χ1n) is 8.97. The van der Waals surface area contributed by atoms with Crippen molar-refractivity contribution in [3.63, 3.8) is 0 Å². The second-order valence-electron chi connectivity index (χ2n) is 6.58. The molecule has 0 spiro atoms. The van der Waals surface area contributed by atoms with Crippen LogP contribution in [-0.2, 0) is 29.1 Å². The zero-order valence-electron chi connectivity index (χ0n) is 15.7. The average molecular weight is 430 g/mol. The SMILES string of the molecule is Cn1cc(-c2nc(CS(=O)(=O)CCCc3nnnn3-c3ccccc3)cs2)cn1. The van der Waals surface area contributed by atoms with E-state index in [1.54, 1.807) is 20.9 Å². The van der Waals surface area contributed by atoms with Gasteiger partial charge in [0.15, 0.2) is 15.7 Å². The Morgan fingerprint density at radius 2 is 2.00 bits per heavy atom. The zero-order chi connectivity index (χ0) is 20.3. The number of thiazole rings is 1. The van der Waals surface area contributed by atoms with E-state index in [-0.39, 0.29) is 11.5 Å². The van der Waals surface area contributed by atoms with Crippen molar-refractivity contribution >= 4 is 21.2 Å². The van der Waals surface area contributed by atoms with Crippen molar-refractivity contribution in [1.29, 1.82) is 0 Å². The highest BCUT2D eigenvalue weighted by atomic mass is 32.2. The molecule has 0 fully saturated rings. The molecular formula is C18H19N7O2S2. The molecule has 0 amide bonds. The van der Waals surface area contributed by atoms with Gasteiger partial charge in [-0.2, -0.15) is 9.78 Å². The van der Waals surface area contributed by atoms with Crippen molar-refractivity contribution in [3.05, 3.63) is 59.6 Å². The summed E-state index contributed by atoms with van der Waals surface area (Å²) in [6, 6.07) is 9.52.